The van der Waals surface area contributed by atoms with Crippen LogP contribution < -0.4 is 5.32 Å². The van der Waals surface area contributed by atoms with Crippen molar-refractivity contribution < 1.29 is 13.5 Å². The Balaban J connectivity index is 1.95. The quantitative estimate of drug-likeness (QED) is 0.667. The number of hydrogen-bond acceptors (Lipinski definition) is 2. The summed E-state index contributed by atoms with van der Waals surface area (Å²) in [7, 11) is 0. The predicted molar refractivity (Wildman–Crippen MR) is 37.8 cm³/mol. The van der Waals surface area contributed by atoms with Crippen LogP contribution in [0.15, 0.2) is 0 Å². The molecule has 1 aliphatic rings. The van der Waals surface area contributed by atoms with Crippen molar-refractivity contribution in [1.82, 2.24) is 5.32 Å². The van der Waals surface area contributed by atoms with Gasteiger partial charge in [0.05, 0.1) is 6.61 Å². The van der Waals surface area contributed by atoms with Gasteiger partial charge in [-0.05, 0) is 0 Å². The molecule has 2 nitrogen and oxygen atoms in total. The number of alkyl halides is 2. The monoisotopic (exact) mass is 165 g/mol. The summed E-state index contributed by atoms with van der Waals surface area (Å²) in [6.07, 6.45) is 0. The van der Waals surface area contributed by atoms with E-state index in [9.17, 15) is 8.78 Å². The van der Waals surface area contributed by atoms with Gasteiger partial charge < -0.3 is 10.1 Å². The molecule has 1 saturated heterocycles. The van der Waals surface area contributed by atoms with Crippen molar-refractivity contribution in [1.29, 1.82) is 0 Å². The Morgan fingerprint density at radius 1 is 1.55 bits per heavy atom. The first-order chi connectivity index (χ1) is 5.08. The maximum Gasteiger partial charge on any atom is 0.268 e. The summed E-state index contributed by atoms with van der Waals surface area (Å²) in [4.78, 5) is 0. The topological polar surface area (TPSA) is 21.3 Å². The number of ether oxygens (including phenoxy) is 1. The lowest BCUT2D eigenvalue weighted by atomic mass is 10.1. The zero-order valence-electron chi connectivity index (χ0n) is 6.57. The molecule has 0 aromatic heterocycles. The van der Waals surface area contributed by atoms with Crippen LogP contribution in [-0.2, 0) is 4.74 Å². The SMILES string of the molecule is CC(F)(F)COCC1CNC1. The normalized spacial score (nSPS) is 19.9. The lowest BCUT2D eigenvalue weighted by molar-refractivity contribution is -0.0722. The third-order valence-electron chi connectivity index (χ3n) is 1.58. The van der Waals surface area contributed by atoms with Gasteiger partial charge in [-0.15, -0.1) is 0 Å². The second kappa shape index (κ2) is 3.45. The Morgan fingerprint density at radius 3 is 2.55 bits per heavy atom. The summed E-state index contributed by atoms with van der Waals surface area (Å²) < 4.78 is 29.1. The molecule has 1 heterocycles. The fourth-order valence-electron chi connectivity index (χ4n) is 0.871. The van der Waals surface area contributed by atoms with Gasteiger partial charge in [-0.2, -0.15) is 0 Å². The number of hydrogen-bond donors (Lipinski definition) is 1. The summed E-state index contributed by atoms with van der Waals surface area (Å²) in [5.74, 6) is -2.24. The van der Waals surface area contributed by atoms with Crippen LogP contribution in [0.4, 0.5) is 8.78 Å². The summed E-state index contributed by atoms with van der Waals surface area (Å²) in [5.41, 5.74) is 0. The molecule has 0 aromatic rings. The van der Waals surface area contributed by atoms with Crippen molar-refractivity contribution in [3.8, 4) is 0 Å². The first kappa shape index (κ1) is 8.87. The van der Waals surface area contributed by atoms with E-state index in [-0.39, 0.29) is 0 Å². The van der Waals surface area contributed by atoms with E-state index in [1.807, 2.05) is 0 Å². The molecular formula is C7H13F2NO. The van der Waals surface area contributed by atoms with Crippen LogP contribution in [0.25, 0.3) is 0 Å². The van der Waals surface area contributed by atoms with Crippen LogP contribution in [0.2, 0.25) is 0 Å². The number of nitrogens with one attached hydrogen (secondary N) is 1. The van der Waals surface area contributed by atoms with Gasteiger partial charge in [-0.1, -0.05) is 0 Å². The second-order valence-electron chi connectivity index (χ2n) is 3.11. The molecular weight excluding hydrogens is 152 g/mol. The third kappa shape index (κ3) is 3.62. The van der Waals surface area contributed by atoms with Crippen molar-refractivity contribution in [3.05, 3.63) is 0 Å². The molecule has 0 bridgehead atoms. The van der Waals surface area contributed by atoms with Crippen molar-refractivity contribution in [3.63, 3.8) is 0 Å². The molecule has 4 heteroatoms. The zero-order valence-corrected chi connectivity index (χ0v) is 6.57. The number of halogens is 2. The van der Waals surface area contributed by atoms with E-state index in [0.29, 0.717) is 12.5 Å². The van der Waals surface area contributed by atoms with Crippen LogP contribution in [0, 0.1) is 5.92 Å². The minimum Gasteiger partial charge on any atom is -0.375 e. The largest absolute Gasteiger partial charge is 0.375 e. The van der Waals surface area contributed by atoms with Crippen LogP contribution in [-0.4, -0.2) is 32.2 Å². The van der Waals surface area contributed by atoms with E-state index >= 15 is 0 Å². The standard InChI is InChI=1S/C7H13F2NO/c1-7(8,9)5-11-4-6-2-10-3-6/h6,10H,2-5H2,1H3. The highest BCUT2D eigenvalue weighted by molar-refractivity contribution is 4.74. The van der Waals surface area contributed by atoms with Crippen molar-refractivity contribution in [2.24, 2.45) is 5.92 Å². The molecule has 1 fully saturated rings. The molecule has 11 heavy (non-hydrogen) atoms. The van der Waals surface area contributed by atoms with E-state index in [1.54, 1.807) is 0 Å². The molecule has 0 amide bonds. The Bertz CT molecular complexity index is 120. The molecule has 0 unspecified atom stereocenters. The summed E-state index contributed by atoms with van der Waals surface area (Å²) in [5, 5.41) is 3.04. The second-order valence-corrected chi connectivity index (χ2v) is 3.11. The van der Waals surface area contributed by atoms with Gasteiger partial charge in [0, 0.05) is 25.9 Å². The summed E-state index contributed by atoms with van der Waals surface area (Å²) >= 11 is 0. The van der Waals surface area contributed by atoms with Crippen LogP contribution in [0.3, 0.4) is 0 Å². The van der Waals surface area contributed by atoms with Crippen LogP contribution in [0.5, 0.6) is 0 Å². The smallest absolute Gasteiger partial charge is 0.268 e. The van der Waals surface area contributed by atoms with E-state index < -0.39 is 12.5 Å². The minimum atomic E-state index is -2.68. The number of rotatable bonds is 4. The first-order valence-electron chi connectivity index (χ1n) is 3.74. The summed E-state index contributed by atoms with van der Waals surface area (Å²) in [6, 6.07) is 0. The van der Waals surface area contributed by atoms with Crippen LogP contribution >= 0.6 is 0 Å². The fraction of sp³-hybridized carbons (Fsp3) is 1.00. The lowest BCUT2D eigenvalue weighted by Crippen LogP contribution is -2.44. The minimum absolute atomic E-state index is 0.442. The van der Waals surface area contributed by atoms with Crippen molar-refractivity contribution >= 4 is 0 Å². The average molecular weight is 165 g/mol. The molecule has 1 aliphatic heterocycles. The zero-order chi connectivity index (χ0) is 8.32. The Hall–Kier alpha value is -0.220. The van der Waals surface area contributed by atoms with Gasteiger partial charge in [-0.25, -0.2) is 8.78 Å². The molecule has 66 valence electrons. The van der Waals surface area contributed by atoms with Gasteiger partial charge in [0.25, 0.3) is 5.92 Å². The van der Waals surface area contributed by atoms with E-state index in [1.165, 1.54) is 0 Å². The Kier molecular flexibility index (Phi) is 2.78. The molecule has 0 atom stereocenters. The van der Waals surface area contributed by atoms with Crippen molar-refractivity contribution in [2.45, 2.75) is 12.8 Å². The lowest BCUT2D eigenvalue weighted by Gasteiger charge is -2.27. The highest BCUT2D eigenvalue weighted by atomic mass is 19.3. The Morgan fingerprint density at radius 2 is 2.18 bits per heavy atom. The predicted octanol–water partition coefficient (Wildman–Crippen LogP) is 0.878. The summed E-state index contributed by atoms with van der Waals surface area (Å²) in [6.45, 7) is 2.66. The van der Waals surface area contributed by atoms with E-state index in [4.69, 9.17) is 4.74 Å². The van der Waals surface area contributed by atoms with Gasteiger partial charge in [0.15, 0.2) is 0 Å². The maximum absolute atomic E-state index is 12.2. The average Bonchev–Trinajstić information content (AvgIpc) is 1.73. The van der Waals surface area contributed by atoms with Crippen LogP contribution in [0.1, 0.15) is 6.92 Å². The third-order valence-corrected chi connectivity index (χ3v) is 1.58. The van der Waals surface area contributed by atoms with E-state index in [0.717, 1.165) is 20.0 Å². The maximum atomic E-state index is 12.2. The van der Waals surface area contributed by atoms with Gasteiger partial charge in [-0.3, -0.25) is 0 Å². The fourth-order valence-corrected chi connectivity index (χ4v) is 0.871. The van der Waals surface area contributed by atoms with E-state index in [2.05, 4.69) is 5.32 Å². The highest BCUT2D eigenvalue weighted by Gasteiger charge is 2.23. The molecule has 0 radical (unpaired) electrons. The first-order valence-corrected chi connectivity index (χ1v) is 3.74. The van der Waals surface area contributed by atoms with Gasteiger partial charge in [0.2, 0.25) is 0 Å². The molecule has 0 aromatic carbocycles. The van der Waals surface area contributed by atoms with Crippen molar-refractivity contribution in [2.75, 3.05) is 26.3 Å². The molecule has 0 aliphatic carbocycles. The Labute approximate surface area is 64.9 Å². The van der Waals surface area contributed by atoms with Gasteiger partial charge >= 0.3 is 0 Å². The van der Waals surface area contributed by atoms with Gasteiger partial charge in [0.1, 0.15) is 6.61 Å². The molecule has 1 rings (SSSR count). The molecule has 0 spiro atoms. The molecule has 1 N–H and O–H groups in total. The molecule has 0 saturated carbocycles. The highest BCUT2D eigenvalue weighted by Crippen LogP contribution is 2.12.